The van der Waals surface area contributed by atoms with Crippen molar-refractivity contribution in [3.8, 4) is 5.75 Å². The largest absolute Gasteiger partial charge is 0.493 e. The van der Waals surface area contributed by atoms with Crippen LogP contribution in [0.15, 0.2) is 48.5 Å². The highest BCUT2D eigenvalue weighted by Gasteiger charge is 2.19. The Labute approximate surface area is 173 Å². The summed E-state index contributed by atoms with van der Waals surface area (Å²) in [5.74, 6) is 0.897. The topological polar surface area (TPSA) is 58.6 Å². The number of anilines is 1. The van der Waals surface area contributed by atoms with Gasteiger partial charge >= 0.3 is 0 Å². The van der Waals surface area contributed by atoms with Gasteiger partial charge in [0.05, 0.1) is 12.2 Å². The lowest BCUT2D eigenvalue weighted by Crippen LogP contribution is -2.35. The number of hydrogen-bond donors (Lipinski definition) is 1. The lowest BCUT2D eigenvalue weighted by Gasteiger charge is -2.26. The van der Waals surface area contributed by atoms with Crippen LogP contribution >= 0.6 is 0 Å². The second-order valence-electron chi connectivity index (χ2n) is 7.91. The van der Waals surface area contributed by atoms with E-state index in [1.165, 1.54) is 6.42 Å². The molecule has 1 saturated heterocycles. The first-order valence-electron chi connectivity index (χ1n) is 10.5. The monoisotopic (exact) mass is 394 g/mol. The third kappa shape index (κ3) is 5.83. The Bertz CT molecular complexity index is 842. The first kappa shape index (κ1) is 20.9. The van der Waals surface area contributed by atoms with Crippen LogP contribution in [0.5, 0.6) is 5.75 Å². The number of amides is 2. The number of benzene rings is 2. The van der Waals surface area contributed by atoms with Crippen molar-refractivity contribution < 1.29 is 14.3 Å². The van der Waals surface area contributed by atoms with Gasteiger partial charge in [-0.3, -0.25) is 9.59 Å². The summed E-state index contributed by atoms with van der Waals surface area (Å²) < 4.78 is 5.83. The highest BCUT2D eigenvalue weighted by molar-refractivity contribution is 6.06. The van der Waals surface area contributed by atoms with Gasteiger partial charge in [-0.15, -0.1) is 0 Å². The molecule has 5 nitrogen and oxygen atoms in total. The Kier molecular flexibility index (Phi) is 7.28. The van der Waals surface area contributed by atoms with Crippen molar-refractivity contribution in [2.45, 2.75) is 39.5 Å². The molecule has 1 N–H and O–H groups in total. The molecule has 1 fully saturated rings. The number of carbonyl (C=O) groups excluding carboxylic acids is 2. The van der Waals surface area contributed by atoms with Gasteiger partial charge < -0.3 is 15.0 Å². The van der Waals surface area contributed by atoms with Gasteiger partial charge in [-0.25, -0.2) is 0 Å². The Morgan fingerprint density at radius 1 is 1.03 bits per heavy atom. The molecular weight excluding hydrogens is 364 g/mol. The van der Waals surface area contributed by atoms with Gasteiger partial charge in [0, 0.05) is 24.3 Å². The van der Waals surface area contributed by atoms with E-state index < -0.39 is 0 Å². The Balaban J connectivity index is 1.69. The van der Waals surface area contributed by atoms with Crippen molar-refractivity contribution in [2.75, 3.05) is 25.0 Å². The number of nitrogens with one attached hydrogen (secondary N) is 1. The molecule has 5 heteroatoms. The number of hydrogen-bond acceptors (Lipinski definition) is 3. The van der Waals surface area contributed by atoms with Gasteiger partial charge in [-0.2, -0.15) is 0 Å². The summed E-state index contributed by atoms with van der Waals surface area (Å²) >= 11 is 0. The molecular formula is C24H30N2O3. The van der Waals surface area contributed by atoms with Gasteiger partial charge in [-0.1, -0.05) is 32.0 Å². The number of ether oxygens (including phenoxy) is 1. The molecule has 0 unspecified atom stereocenters. The minimum Gasteiger partial charge on any atom is -0.493 e. The molecule has 1 heterocycles. The summed E-state index contributed by atoms with van der Waals surface area (Å²) in [6.45, 7) is 6.45. The van der Waals surface area contributed by atoms with Crippen LogP contribution in [0.4, 0.5) is 5.69 Å². The molecule has 154 valence electrons. The highest BCUT2D eigenvalue weighted by Crippen LogP contribution is 2.22. The second-order valence-corrected chi connectivity index (χ2v) is 7.91. The van der Waals surface area contributed by atoms with Gasteiger partial charge in [0.15, 0.2) is 0 Å². The molecule has 29 heavy (non-hydrogen) atoms. The van der Waals surface area contributed by atoms with Crippen LogP contribution in [-0.2, 0) is 0 Å². The Morgan fingerprint density at radius 3 is 2.55 bits per heavy atom. The fraction of sp³-hybridized carbons (Fsp3) is 0.417. The number of nitrogens with zero attached hydrogens (tertiary/aromatic N) is 1. The number of likely N-dealkylation sites (tertiary alicyclic amines) is 1. The van der Waals surface area contributed by atoms with Crippen molar-refractivity contribution in [2.24, 2.45) is 5.92 Å². The summed E-state index contributed by atoms with van der Waals surface area (Å²) in [6.07, 6.45) is 4.21. The van der Waals surface area contributed by atoms with Crippen LogP contribution in [0.25, 0.3) is 0 Å². The average Bonchev–Trinajstić information content (AvgIpc) is 2.74. The zero-order valence-corrected chi connectivity index (χ0v) is 17.3. The predicted molar refractivity (Wildman–Crippen MR) is 116 cm³/mol. The summed E-state index contributed by atoms with van der Waals surface area (Å²) in [5.41, 5.74) is 1.70. The number of para-hydroxylation sites is 1. The van der Waals surface area contributed by atoms with Crippen molar-refractivity contribution >= 4 is 17.5 Å². The molecule has 0 radical (unpaired) electrons. The van der Waals surface area contributed by atoms with E-state index in [0.29, 0.717) is 35.1 Å². The van der Waals surface area contributed by atoms with Crippen molar-refractivity contribution in [3.63, 3.8) is 0 Å². The third-order valence-electron chi connectivity index (χ3n) is 5.10. The van der Waals surface area contributed by atoms with Gasteiger partial charge in [-0.05, 0) is 61.9 Å². The van der Waals surface area contributed by atoms with Crippen LogP contribution in [-0.4, -0.2) is 36.4 Å². The highest BCUT2D eigenvalue weighted by atomic mass is 16.5. The molecule has 1 aliphatic rings. The molecule has 1 aliphatic heterocycles. The first-order chi connectivity index (χ1) is 14.0. The van der Waals surface area contributed by atoms with Crippen LogP contribution in [0.2, 0.25) is 0 Å². The smallest absolute Gasteiger partial charge is 0.259 e. The van der Waals surface area contributed by atoms with E-state index in [4.69, 9.17) is 4.74 Å². The van der Waals surface area contributed by atoms with E-state index in [1.807, 2.05) is 23.1 Å². The fourth-order valence-corrected chi connectivity index (χ4v) is 3.39. The third-order valence-corrected chi connectivity index (χ3v) is 5.10. The maximum absolute atomic E-state index is 12.8. The normalized spacial score (nSPS) is 14.0. The number of carbonyl (C=O) groups is 2. The maximum Gasteiger partial charge on any atom is 0.259 e. The molecule has 2 aromatic carbocycles. The van der Waals surface area contributed by atoms with Crippen molar-refractivity contribution in [1.82, 2.24) is 4.90 Å². The molecule has 2 amide bonds. The van der Waals surface area contributed by atoms with Crippen molar-refractivity contribution in [3.05, 3.63) is 59.7 Å². The summed E-state index contributed by atoms with van der Waals surface area (Å²) in [4.78, 5) is 27.4. The van der Waals surface area contributed by atoms with Crippen LogP contribution in [0, 0.1) is 5.92 Å². The standard InChI is InChI=1S/C24H30N2O3/c1-18(2)13-16-29-22-12-5-4-11-21(22)23(27)25-20-10-8-9-19(17-20)24(28)26-14-6-3-7-15-26/h4-5,8-12,17-18H,3,6-7,13-16H2,1-2H3,(H,25,27). The lowest BCUT2D eigenvalue weighted by atomic mass is 10.1. The SMILES string of the molecule is CC(C)CCOc1ccccc1C(=O)Nc1cccc(C(=O)N2CCCCC2)c1. The Morgan fingerprint density at radius 2 is 1.79 bits per heavy atom. The molecule has 0 atom stereocenters. The fourth-order valence-electron chi connectivity index (χ4n) is 3.39. The van der Waals surface area contributed by atoms with Crippen LogP contribution in [0.3, 0.4) is 0 Å². The summed E-state index contributed by atoms with van der Waals surface area (Å²) in [7, 11) is 0. The molecule has 3 rings (SSSR count). The molecule has 0 spiro atoms. The predicted octanol–water partition coefficient (Wildman–Crippen LogP) is 4.99. The molecule has 0 aliphatic carbocycles. The molecule has 2 aromatic rings. The second kappa shape index (κ2) is 10.1. The zero-order chi connectivity index (χ0) is 20.6. The van der Waals surface area contributed by atoms with Gasteiger partial charge in [0.25, 0.3) is 11.8 Å². The van der Waals surface area contributed by atoms with Crippen molar-refractivity contribution in [1.29, 1.82) is 0 Å². The quantitative estimate of drug-likeness (QED) is 0.720. The van der Waals surface area contributed by atoms with E-state index in [-0.39, 0.29) is 11.8 Å². The van der Waals surface area contributed by atoms with Crippen LogP contribution in [0.1, 0.15) is 60.2 Å². The van der Waals surface area contributed by atoms with Gasteiger partial charge in [0.2, 0.25) is 0 Å². The minimum absolute atomic E-state index is 0.0261. The minimum atomic E-state index is -0.243. The molecule has 0 saturated carbocycles. The summed E-state index contributed by atoms with van der Waals surface area (Å²) in [6, 6.07) is 14.4. The van der Waals surface area contributed by atoms with E-state index in [2.05, 4.69) is 19.2 Å². The van der Waals surface area contributed by atoms with E-state index in [9.17, 15) is 9.59 Å². The number of piperidine rings is 1. The van der Waals surface area contributed by atoms with E-state index >= 15 is 0 Å². The van der Waals surface area contributed by atoms with E-state index in [1.54, 1.807) is 30.3 Å². The van der Waals surface area contributed by atoms with E-state index in [0.717, 1.165) is 32.4 Å². The molecule has 0 aromatic heterocycles. The summed E-state index contributed by atoms with van der Waals surface area (Å²) in [5, 5.41) is 2.91. The first-order valence-corrected chi connectivity index (χ1v) is 10.5. The van der Waals surface area contributed by atoms with Gasteiger partial charge in [0.1, 0.15) is 5.75 Å². The maximum atomic E-state index is 12.8. The number of rotatable bonds is 7. The average molecular weight is 395 g/mol. The lowest BCUT2D eigenvalue weighted by molar-refractivity contribution is 0.0724. The zero-order valence-electron chi connectivity index (χ0n) is 17.3. The Hall–Kier alpha value is -2.82. The van der Waals surface area contributed by atoms with Crippen LogP contribution < -0.4 is 10.1 Å². The molecule has 0 bridgehead atoms.